The monoisotopic (exact) mass is 605 g/mol. The van der Waals surface area contributed by atoms with E-state index in [-0.39, 0.29) is 0 Å². The van der Waals surface area contributed by atoms with Gasteiger partial charge in [0.15, 0.2) is 0 Å². The van der Waals surface area contributed by atoms with E-state index in [1.54, 1.807) is 0 Å². The Bertz CT molecular complexity index is 2090. The minimum absolute atomic E-state index is 0.956. The Labute approximate surface area is 279 Å². The number of fused-ring (bicyclic) bond motifs is 1. The fourth-order valence-electron chi connectivity index (χ4n) is 6.84. The Morgan fingerprint density at radius 3 is 2.19 bits per heavy atom. The van der Waals surface area contributed by atoms with E-state index in [1.807, 2.05) is 18.2 Å². The van der Waals surface area contributed by atoms with E-state index in [0.29, 0.717) is 0 Å². The average molecular weight is 606 g/mol. The van der Waals surface area contributed by atoms with Crippen molar-refractivity contribution in [2.75, 3.05) is 4.90 Å². The first-order valence-corrected chi connectivity index (χ1v) is 16.5. The smallest absolute Gasteiger partial charge is 0.0536 e. The van der Waals surface area contributed by atoms with Crippen molar-refractivity contribution < 1.29 is 0 Å². The zero-order chi connectivity index (χ0) is 32.0. The second kappa shape index (κ2) is 13.8. The first kappa shape index (κ1) is 30.0. The van der Waals surface area contributed by atoms with E-state index in [2.05, 4.69) is 164 Å². The number of hydrogen-bond donors (Lipinski definition) is 0. The van der Waals surface area contributed by atoms with Crippen LogP contribution in [0.15, 0.2) is 183 Å². The summed E-state index contributed by atoms with van der Waals surface area (Å²) in [6.45, 7) is 7.86. The standard InChI is InChI=1S/C46H39N/c1-3-14-34(4-2)36-23-25-40(26-24-36)43-32-31-42(33-45(43)39-17-9-6-10-18-39)47(46-22-13-20-38-19-11-12-21-44(38)46)41-29-27-37(28-30-41)35-15-7-5-8-16-35/h3-9,11-17,19-27,29,31-33H,1-2,10,18,28,30H2/b34-14+. The molecule has 0 unspecified atom stereocenters. The quantitative estimate of drug-likeness (QED) is 0.151. The van der Waals surface area contributed by atoms with E-state index in [4.69, 9.17) is 0 Å². The van der Waals surface area contributed by atoms with Gasteiger partial charge in [0.1, 0.15) is 0 Å². The van der Waals surface area contributed by atoms with Gasteiger partial charge in [-0.1, -0.05) is 153 Å². The second-order valence-electron chi connectivity index (χ2n) is 12.1. The SMILES string of the molecule is C=C/C=C(\C=C)c1ccc(-c2ccc(N(C3=CC=C(c4ccccc4)CC3)c3cccc4ccccc34)cc2C2=CC=CCC2)cc1. The van der Waals surface area contributed by atoms with Gasteiger partial charge in [0.2, 0.25) is 0 Å². The molecular formula is C46H39N. The third-order valence-electron chi connectivity index (χ3n) is 9.23. The third kappa shape index (κ3) is 6.26. The Balaban J connectivity index is 1.38. The molecule has 0 N–H and O–H groups in total. The molecule has 2 aliphatic carbocycles. The number of allylic oxidation sites excluding steroid dienone is 12. The molecule has 0 heterocycles. The summed E-state index contributed by atoms with van der Waals surface area (Å²) in [4.78, 5) is 2.49. The molecule has 0 spiro atoms. The normalized spacial score (nSPS) is 14.6. The summed E-state index contributed by atoms with van der Waals surface area (Å²) in [5.41, 5.74) is 13.7. The van der Waals surface area contributed by atoms with Crippen LogP contribution in [0.25, 0.3) is 38.6 Å². The van der Waals surface area contributed by atoms with Crippen molar-refractivity contribution in [1.82, 2.24) is 0 Å². The fourth-order valence-corrected chi connectivity index (χ4v) is 6.84. The van der Waals surface area contributed by atoms with Crippen LogP contribution in [0.3, 0.4) is 0 Å². The molecule has 5 aromatic rings. The van der Waals surface area contributed by atoms with E-state index < -0.39 is 0 Å². The van der Waals surface area contributed by atoms with E-state index in [1.165, 1.54) is 61.2 Å². The molecule has 0 radical (unpaired) electrons. The third-order valence-corrected chi connectivity index (χ3v) is 9.23. The van der Waals surface area contributed by atoms with Crippen LogP contribution in [0.1, 0.15) is 42.4 Å². The zero-order valence-corrected chi connectivity index (χ0v) is 26.8. The molecule has 0 amide bonds. The topological polar surface area (TPSA) is 3.24 Å². The van der Waals surface area contributed by atoms with Gasteiger partial charge in [-0.2, -0.15) is 0 Å². The van der Waals surface area contributed by atoms with Crippen LogP contribution in [0, 0.1) is 0 Å². The first-order valence-electron chi connectivity index (χ1n) is 16.5. The maximum Gasteiger partial charge on any atom is 0.0536 e. The maximum absolute atomic E-state index is 4.00. The van der Waals surface area contributed by atoms with Crippen LogP contribution in [0.4, 0.5) is 11.4 Å². The maximum atomic E-state index is 4.00. The molecule has 5 aromatic carbocycles. The Kier molecular flexibility index (Phi) is 8.79. The predicted molar refractivity (Wildman–Crippen MR) is 204 cm³/mol. The molecule has 2 aliphatic rings. The highest BCUT2D eigenvalue weighted by molar-refractivity contribution is 5.98. The van der Waals surface area contributed by atoms with E-state index >= 15 is 0 Å². The van der Waals surface area contributed by atoms with Crippen LogP contribution >= 0.6 is 0 Å². The molecule has 7 rings (SSSR count). The number of nitrogens with zero attached hydrogens (tertiary/aromatic N) is 1. The summed E-state index contributed by atoms with van der Waals surface area (Å²) in [6.07, 6.45) is 21.1. The first-order chi connectivity index (χ1) is 23.2. The van der Waals surface area contributed by atoms with Gasteiger partial charge in [0.25, 0.3) is 0 Å². The number of hydrogen-bond acceptors (Lipinski definition) is 1. The zero-order valence-electron chi connectivity index (χ0n) is 26.8. The van der Waals surface area contributed by atoms with Crippen molar-refractivity contribution in [2.45, 2.75) is 25.7 Å². The molecule has 47 heavy (non-hydrogen) atoms. The van der Waals surface area contributed by atoms with Gasteiger partial charge in [-0.15, -0.1) is 0 Å². The number of anilines is 2. The Morgan fingerprint density at radius 2 is 1.45 bits per heavy atom. The van der Waals surface area contributed by atoms with Crippen LogP contribution in [0.2, 0.25) is 0 Å². The van der Waals surface area contributed by atoms with Crippen molar-refractivity contribution in [3.63, 3.8) is 0 Å². The van der Waals surface area contributed by atoms with Gasteiger partial charge in [-0.25, -0.2) is 0 Å². The summed E-state index contributed by atoms with van der Waals surface area (Å²) >= 11 is 0. The van der Waals surface area contributed by atoms with E-state index in [0.717, 1.165) is 36.8 Å². The highest BCUT2D eigenvalue weighted by Crippen LogP contribution is 2.43. The minimum Gasteiger partial charge on any atom is -0.314 e. The average Bonchev–Trinajstić information content (AvgIpc) is 3.15. The fraction of sp³-hybridized carbons (Fsp3) is 0.0870. The molecule has 0 aromatic heterocycles. The lowest BCUT2D eigenvalue weighted by Crippen LogP contribution is -2.18. The highest BCUT2D eigenvalue weighted by atomic mass is 15.1. The van der Waals surface area contributed by atoms with Gasteiger partial charge < -0.3 is 4.90 Å². The molecule has 0 saturated heterocycles. The van der Waals surface area contributed by atoms with Crippen molar-refractivity contribution in [3.8, 4) is 11.1 Å². The second-order valence-corrected chi connectivity index (χ2v) is 12.1. The van der Waals surface area contributed by atoms with Gasteiger partial charge in [0.05, 0.1) is 5.69 Å². The molecule has 0 aliphatic heterocycles. The predicted octanol–water partition coefficient (Wildman–Crippen LogP) is 12.9. The number of benzene rings is 5. The molecule has 1 nitrogen and oxygen atoms in total. The minimum atomic E-state index is 0.956. The highest BCUT2D eigenvalue weighted by Gasteiger charge is 2.22. The summed E-state index contributed by atoms with van der Waals surface area (Å²) in [5, 5.41) is 2.49. The van der Waals surface area contributed by atoms with Crippen LogP contribution in [-0.4, -0.2) is 0 Å². The molecule has 0 saturated carbocycles. The van der Waals surface area contributed by atoms with Crippen molar-refractivity contribution >= 4 is 38.9 Å². The number of rotatable bonds is 9. The molecular weight excluding hydrogens is 567 g/mol. The summed E-state index contributed by atoms with van der Waals surface area (Å²) < 4.78 is 0. The van der Waals surface area contributed by atoms with Gasteiger partial charge >= 0.3 is 0 Å². The lowest BCUT2D eigenvalue weighted by Gasteiger charge is -2.32. The van der Waals surface area contributed by atoms with Gasteiger partial charge in [0, 0.05) is 16.8 Å². The lowest BCUT2D eigenvalue weighted by atomic mass is 9.88. The Hall–Kier alpha value is -5.66. The van der Waals surface area contributed by atoms with Crippen LogP contribution in [0.5, 0.6) is 0 Å². The Morgan fingerprint density at radius 1 is 0.638 bits per heavy atom. The largest absolute Gasteiger partial charge is 0.314 e. The lowest BCUT2D eigenvalue weighted by molar-refractivity contribution is 0.931. The molecule has 1 heteroatoms. The summed E-state index contributed by atoms with van der Waals surface area (Å²) in [5.74, 6) is 0. The van der Waals surface area contributed by atoms with Crippen LogP contribution < -0.4 is 4.90 Å². The van der Waals surface area contributed by atoms with Crippen molar-refractivity contribution in [2.24, 2.45) is 0 Å². The van der Waals surface area contributed by atoms with Crippen molar-refractivity contribution in [1.29, 1.82) is 0 Å². The van der Waals surface area contributed by atoms with E-state index in [9.17, 15) is 0 Å². The summed E-state index contributed by atoms with van der Waals surface area (Å²) in [6, 6.07) is 42.0. The van der Waals surface area contributed by atoms with Gasteiger partial charge in [-0.05, 0) is 99.9 Å². The van der Waals surface area contributed by atoms with Crippen LogP contribution in [-0.2, 0) is 0 Å². The molecule has 0 fully saturated rings. The molecule has 0 atom stereocenters. The molecule has 0 bridgehead atoms. The van der Waals surface area contributed by atoms with Gasteiger partial charge in [-0.3, -0.25) is 0 Å². The summed E-state index contributed by atoms with van der Waals surface area (Å²) in [7, 11) is 0. The molecule has 228 valence electrons. The van der Waals surface area contributed by atoms with Crippen molar-refractivity contribution in [3.05, 3.63) is 199 Å².